The molecule has 0 spiro atoms. The average molecular weight is 279 g/mol. The summed E-state index contributed by atoms with van der Waals surface area (Å²) in [6.45, 7) is 5.92. The van der Waals surface area contributed by atoms with Gasteiger partial charge in [-0.25, -0.2) is 0 Å². The van der Waals surface area contributed by atoms with E-state index in [4.69, 9.17) is 0 Å². The van der Waals surface area contributed by atoms with Crippen molar-refractivity contribution < 1.29 is 13.2 Å². The van der Waals surface area contributed by atoms with E-state index in [0.717, 1.165) is 25.9 Å². The average Bonchev–Trinajstić information content (AvgIpc) is 2.78. The molecule has 0 radical (unpaired) electrons. The second kappa shape index (κ2) is 5.03. The second-order valence-electron chi connectivity index (χ2n) is 4.96. The lowest BCUT2D eigenvalue weighted by atomic mass is 9.87. The predicted molar refractivity (Wildman–Crippen MR) is 64.7 cm³/mol. The van der Waals surface area contributed by atoms with Crippen LogP contribution in [0.4, 0.5) is 18.3 Å². The van der Waals surface area contributed by atoms with Crippen molar-refractivity contribution in [2.75, 3.05) is 18.0 Å². The van der Waals surface area contributed by atoms with Crippen LogP contribution in [0.15, 0.2) is 0 Å². The van der Waals surface area contributed by atoms with Crippen LogP contribution >= 0.6 is 11.3 Å². The fourth-order valence-corrected chi connectivity index (χ4v) is 2.98. The number of anilines is 1. The molecule has 2 rings (SSSR count). The molecule has 18 heavy (non-hydrogen) atoms. The molecule has 1 aromatic heterocycles. The van der Waals surface area contributed by atoms with Crippen molar-refractivity contribution >= 4 is 16.5 Å². The van der Waals surface area contributed by atoms with Crippen LogP contribution in [0, 0.1) is 11.8 Å². The van der Waals surface area contributed by atoms with Crippen LogP contribution in [0.5, 0.6) is 0 Å². The van der Waals surface area contributed by atoms with Gasteiger partial charge in [0, 0.05) is 13.1 Å². The minimum Gasteiger partial charge on any atom is -0.347 e. The highest BCUT2D eigenvalue weighted by molar-refractivity contribution is 7.15. The Hall–Kier alpha value is -0.850. The van der Waals surface area contributed by atoms with Gasteiger partial charge in [0.2, 0.25) is 10.1 Å². The lowest BCUT2D eigenvalue weighted by molar-refractivity contribution is -0.138. The highest BCUT2D eigenvalue weighted by atomic mass is 32.1. The van der Waals surface area contributed by atoms with Gasteiger partial charge in [0.15, 0.2) is 0 Å². The van der Waals surface area contributed by atoms with E-state index in [2.05, 4.69) is 24.0 Å². The summed E-state index contributed by atoms with van der Waals surface area (Å²) in [5.74, 6) is 1.29. The van der Waals surface area contributed by atoms with Gasteiger partial charge < -0.3 is 4.90 Å². The SMILES string of the molecule is CC(C)C1CCN(c2nnc(C(F)(F)F)s2)CC1. The highest BCUT2D eigenvalue weighted by Gasteiger charge is 2.36. The second-order valence-corrected chi connectivity index (χ2v) is 5.91. The largest absolute Gasteiger partial charge is 0.445 e. The highest BCUT2D eigenvalue weighted by Crippen LogP contribution is 2.36. The molecular formula is C11H16F3N3S. The van der Waals surface area contributed by atoms with Gasteiger partial charge in [-0.05, 0) is 24.7 Å². The summed E-state index contributed by atoms with van der Waals surface area (Å²) in [5, 5.41) is 6.40. The first-order chi connectivity index (χ1) is 8.38. The van der Waals surface area contributed by atoms with Crippen molar-refractivity contribution in [3.05, 3.63) is 5.01 Å². The Morgan fingerprint density at radius 1 is 1.22 bits per heavy atom. The molecule has 1 aromatic rings. The molecule has 3 nitrogen and oxygen atoms in total. The van der Waals surface area contributed by atoms with Crippen molar-refractivity contribution in [2.24, 2.45) is 11.8 Å². The molecule has 0 amide bonds. The zero-order valence-corrected chi connectivity index (χ0v) is 11.2. The number of nitrogens with zero attached hydrogens (tertiary/aromatic N) is 3. The number of halogens is 3. The summed E-state index contributed by atoms with van der Waals surface area (Å²) in [7, 11) is 0. The van der Waals surface area contributed by atoms with Crippen LogP contribution in [0.1, 0.15) is 31.7 Å². The van der Waals surface area contributed by atoms with E-state index in [-0.39, 0.29) is 0 Å². The van der Waals surface area contributed by atoms with Crippen LogP contribution in [0.2, 0.25) is 0 Å². The third kappa shape index (κ3) is 2.93. The van der Waals surface area contributed by atoms with Gasteiger partial charge in [0.1, 0.15) is 0 Å². The van der Waals surface area contributed by atoms with Crippen molar-refractivity contribution in [1.82, 2.24) is 10.2 Å². The van der Waals surface area contributed by atoms with Crippen LogP contribution in [-0.4, -0.2) is 23.3 Å². The maximum atomic E-state index is 12.4. The number of aromatic nitrogens is 2. The summed E-state index contributed by atoms with van der Waals surface area (Å²) in [4.78, 5) is 1.91. The Labute approximate surface area is 108 Å². The Kier molecular flexibility index (Phi) is 3.79. The summed E-state index contributed by atoms with van der Waals surface area (Å²) in [6, 6.07) is 0. The fraction of sp³-hybridized carbons (Fsp3) is 0.818. The van der Waals surface area contributed by atoms with E-state index in [9.17, 15) is 13.2 Å². The van der Waals surface area contributed by atoms with Crippen LogP contribution in [0.25, 0.3) is 0 Å². The van der Waals surface area contributed by atoms with Crippen LogP contribution in [0.3, 0.4) is 0 Å². The standard InChI is InChI=1S/C11H16F3N3S/c1-7(2)8-3-5-17(6-4-8)10-16-15-9(18-10)11(12,13)14/h7-8H,3-6H2,1-2H3. The van der Waals surface area contributed by atoms with Gasteiger partial charge >= 0.3 is 6.18 Å². The smallest absolute Gasteiger partial charge is 0.347 e. The zero-order chi connectivity index (χ0) is 13.3. The van der Waals surface area contributed by atoms with Crippen LogP contribution in [-0.2, 0) is 6.18 Å². The minimum absolute atomic E-state index is 0.393. The van der Waals surface area contributed by atoms with E-state index in [0.29, 0.717) is 28.3 Å². The lowest BCUT2D eigenvalue weighted by Gasteiger charge is -2.33. The first kappa shape index (κ1) is 13.6. The normalized spacial score (nSPS) is 18.7. The Morgan fingerprint density at radius 3 is 2.28 bits per heavy atom. The molecule has 0 saturated carbocycles. The number of hydrogen-bond donors (Lipinski definition) is 0. The third-order valence-electron chi connectivity index (χ3n) is 3.41. The fourth-order valence-electron chi connectivity index (χ4n) is 2.22. The van der Waals surface area contributed by atoms with Crippen molar-refractivity contribution in [1.29, 1.82) is 0 Å². The molecule has 7 heteroatoms. The van der Waals surface area contributed by atoms with E-state index in [1.165, 1.54) is 0 Å². The quantitative estimate of drug-likeness (QED) is 0.830. The van der Waals surface area contributed by atoms with Crippen molar-refractivity contribution in [2.45, 2.75) is 32.9 Å². The Bertz CT molecular complexity index is 394. The molecule has 0 aromatic carbocycles. The van der Waals surface area contributed by atoms with Gasteiger partial charge in [-0.1, -0.05) is 25.2 Å². The molecule has 1 aliphatic heterocycles. The number of alkyl halides is 3. The van der Waals surface area contributed by atoms with E-state index < -0.39 is 11.2 Å². The van der Waals surface area contributed by atoms with Gasteiger partial charge in [-0.3, -0.25) is 0 Å². The summed E-state index contributed by atoms with van der Waals surface area (Å²) < 4.78 is 37.3. The first-order valence-electron chi connectivity index (χ1n) is 6.03. The summed E-state index contributed by atoms with van der Waals surface area (Å²) >= 11 is 0.635. The first-order valence-corrected chi connectivity index (χ1v) is 6.85. The molecule has 0 bridgehead atoms. The summed E-state index contributed by atoms with van der Waals surface area (Å²) in [5.41, 5.74) is 0. The molecule has 1 saturated heterocycles. The molecule has 2 heterocycles. The maximum absolute atomic E-state index is 12.4. The van der Waals surface area contributed by atoms with Crippen molar-refractivity contribution in [3.63, 3.8) is 0 Å². The summed E-state index contributed by atoms with van der Waals surface area (Å²) in [6.07, 6.45) is -2.36. The Balaban J connectivity index is 2.00. The van der Waals surface area contributed by atoms with Crippen LogP contribution < -0.4 is 4.90 Å². The minimum atomic E-state index is -4.38. The maximum Gasteiger partial charge on any atom is 0.445 e. The number of rotatable bonds is 2. The molecule has 1 fully saturated rings. The zero-order valence-electron chi connectivity index (χ0n) is 10.4. The predicted octanol–water partition coefficient (Wildman–Crippen LogP) is 3.43. The van der Waals surface area contributed by atoms with E-state index >= 15 is 0 Å². The molecule has 1 aliphatic rings. The van der Waals surface area contributed by atoms with E-state index in [1.54, 1.807) is 0 Å². The van der Waals surface area contributed by atoms with Crippen molar-refractivity contribution in [3.8, 4) is 0 Å². The molecule has 0 aliphatic carbocycles. The Morgan fingerprint density at radius 2 is 1.83 bits per heavy atom. The molecular weight excluding hydrogens is 263 g/mol. The molecule has 0 unspecified atom stereocenters. The lowest BCUT2D eigenvalue weighted by Crippen LogP contribution is -2.35. The van der Waals surface area contributed by atoms with E-state index in [1.807, 2.05) is 4.90 Å². The molecule has 102 valence electrons. The molecule has 0 atom stereocenters. The van der Waals surface area contributed by atoms with Gasteiger partial charge in [-0.2, -0.15) is 13.2 Å². The number of piperidine rings is 1. The van der Waals surface area contributed by atoms with Gasteiger partial charge in [0.25, 0.3) is 0 Å². The van der Waals surface area contributed by atoms with Gasteiger partial charge in [-0.15, -0.1) is 10.2 Å². The third-order valence-corrected chi connectivity index (χ3v) is 4.44. The number of hydrogen-bond acceptors (Lipinski definition) is 4. The monoisotopic (exact) mass is 279 g/mol. The topological polar surface area (TPSA) is 29.0 Å². The molecule has 0 N–H and O–H groups in total. The van der Waals surface area contributed by atoms with Gasteiger partial charge in [0.05, 0.1) is 0 Å².